The molecule has 0 atom stereocenters. The summed E-state index contributed by atoms with van der Waals surface area (Å²) in [6.07, 6.45) is 0. The van der Waals surface area contributed by atoms with Crippen LogP contribution >= 0.6 is 0 Å². The molecule has 0 saturated heterocycles. The fourth-order valence-electron chi connectivity index (χ4n) is 9.97. The Kier molecular flexibility index (Phi) is 7.92. The molecule has 2 heteroatoms. The van der Waals surface area contributed by atoms with Gasteiger partial charge < -0.3 is 9.32 Å². The highest BCUT2D eigenvalue weighted by atomic mass is 16.3. The molecule has 1 aliphatic rings. The van der Waals surface area contributed by atoms with Gasteiger partial charge in [0.15, 0.2) is 0 Å². The molecule has 12 rings (SSSR count). The Hall–Kier alpha value is -7.68. The zero-order valence-corrected chi connectivity index (χ0v) is 34.1. The van der Waals surface area contributed by atoms with E-state index in [0.29, 0.717) is 0 Å². The van der Waals surface area contributed by atoms with Crippen molar-refractivity contribution in [3.63, 3.8) is 0 Å². The first-order chi connectivity index (χ1) is 30.0. The van der Waals surface area contributed by atoms with Gasteiger partial charge in [0.2, 0.25) is 0 Å². The number of furan rings is 1. The monoisotopic (exact) mass is 779 g/mol. The van der Waals surface area contributed by atoms with Gasteiger partial charge in [-0.25, -0.2) is 0 Å². The normalized spacial score (nSPS) is 12.9. The van der Waals surface area contributed by atoms with Crippen molar-refractivity contribution in [1.82, 2.24) is 0 Å². The molecule has 2 nitrogen and oxygen atoms in total. The summed E-state index contributed by atoms with van der Waals surface area (Å²) in [7, 11) is 0. The number of rotatable bonds is 6. The number of anilines is 3. The number of hydrogen-bond acceptors (Lipinski definition) is 2. The van der Waals surface area contributed by atoms with Crippen LogP contribution in [0.3, 0.4) is 0 Å². The van der Waals surface area contributed by atoms with E-state index in [1.54, 1.807) is 0 Å². The minimum atomic E-state index is -0.132. The standard InChI is InChI=1S/C59H41NO/c1-59(2)54-20-9-7-18-50(54)51-34-32-45(37-55(51)59)60(44-30-26-39(27-31-44)38-22-24-42(25-23-38)47-19-11-14-40-12-3-5-15-46(40)47)56-21-10-8-16-48(56)43-29-35-57-53(36-43)52-33-28-41-13-4-6-17-49(41)58(52)61-57/h3-37H,1-2H3. The lowest BCUT2D eigenvalue weighted by Gasteiger charge is -2.30. The van der Waals surface area contributed by atoms with Crippen LogP contribution in [0.4, 0.5) is 17.1 Å². The molecule has 288 valence electrons. The number of fused-ring (bicyclic) bond motifs is 9. The zero-order chi connectivity index (χ0) is 40.7. The molecule has 0 unspecified atom stereocenters. The van der Waals surface area contributed by atoms with Gasteiger partial charge in [-0.15, -0.1) is 0 Å². The molecule has 11 aromatic rings. The second-order valence-corrected chi connectivity index (χ2v) is 16.9. The maximum atomic E-state index is 6.54. The van der Waals surface area contributed by atoms with Gasteiger partial charge in [0.05, 0.1) is 5.69 Å². The first-order valence-corrected chi connectivity index (χ1v) is 21.2. The summed E-state index contributed by atoms with van der Waals surface area (Å²) in [5.74, 6) is 0. The van der Waals surface area contributed by atoms with E-state index < -0.39 is 0 Å². The zero-order valence-electron chi connectivity index (χ0n) is 34.1. The van der Waals surface area contributed by atoms with Crippen molar-refractivity contribution in [2.75, 3.05) is 4.90 Å². The van der Waals surface area contributed by atoms with Crippen LogP contribution in [-0.2, 0) is 5.41 Å². The van der Waals surface area contributed by atoms with Crippen molar-refractivity contribution in [3.05, 3.63) is 223 Å². The quantitative estimate of drug-likeness (QED) is 0.167. The van der Waals surface area contributed by atoms with E-state index in [1.807, 2.05) is 0 Å². The third-order valence-electron chi connectivity index (χ3n) is 13.1. The largest absolute Gasteiger partial charge is 0.455 e. The van der Waals surface area contributed by atoms with Gasteiger partial charge in [-0.05, 0) is 115 Å². The predicted octanol–water partition coefficient (Wildman–Crippen LogP) is 16.7. The summed E-state index contributed by atoms with van der Waals surface area (Å²) in [5.41, 5.74) is 17.5. The van der Waals surface area contributed by atoms with Gasteiger partial charge >= 0.3 is 0 Å². The number of para-hydroxylation sites is 1. The average Bonchev–Trinajstić information content (AvgIpc) is 3.81. The first kappa shape index (κ1) is 35.3. The molecular formula is C59H41NO. The second-order valence-electron chi connectivity index (χ2n) is 16.9. The molecule has 0 amide bonds. The van der Waals surface area contributed by atoms with E-state index in [0.717, 1.165) is 55.5 Å². The van der Waals surface area contributed by atoms with Crippen molar-refractivity contribution in [3.8, 4) is 44.5 Å². The highest BCUT2D eigenvalue weighted by molar-refractivity contribution is 6.15. The van der Waals surface area contributed by atoms with Crippen molar-refractivity contribution in [2.24, 2.45) is 0 Å². The van der Waals surface area contributed by atoms with Crippen LogP contribution < -0.4 is 4.90 Å². The van der Waals surface area contributed by atoms with E-state index in [1.165, 1.54) is 60.7 Å². The van der Waals surface area contributed by atoms with E-state index in [9.17, 15) is 0 Å². The van der Waals surface area contributed by atoms with Crippen LogP contribution in [0.5, 0.6) is 0 Å². The maximum absolute atomic E-state index is 6.54. The summed E-state index contributed by atoms with van der Waals surface area (Å²) in [6.45, 7) is 4.71. The summed E-state index contributed by atoms with van der Waals surface area (Å²) in [6, 6.07) is 77.5. The van der Waals surface area contributed by atoms with Gasteiger partial charge in [-0.3, -0.25) is 0 Å². The smallest absolute Gasteiger partial charge is 0.143 e. The van der Waals surface area contributed by atoms with E-state index in [-0.39, 0.29) is 5.41 Å². The number of nitrogens with zero attached hydrogens (tertiary/aromatic N) is 1. The molecule has 0 spiro atoms. The Bertz CT molecular complexity index is 3490. The van der Waals surface area contributed by atoms with Crippen LogP contribution in [0.25, 0.3) is 88.0 Å². The predicted molar refractivity (Wildman–Crippen MR) is 257 cm³/mol. The Labute approximate surface area is 355 Å². The van der Waals surface area contributed by atoms with Gasteiger partial charge in [0.1, 0.15) is 11.2 Å². The summed E-state index contributed by atoms with van der Waals surface area (Å²) in [4.78, 5) is 2.44. The fourth-order valence-corrected chi connectivity index (χ4v) is 9.97. The summed E-state index contributed by atoms with van der Waals surface area (Å²) < 4.78 is 6.54. The van der Waals surface area contributed by atoms with Crippen LogP contribution in [0.1, 0.15) is 25.0 Å². The van der Waals surface area contributed by atoms with Gasteiger partial charge in [0.25, 0.3) is 0 Å². The van der Waals surface area contributed by atoms with Crippen molar-refractivity contribution in [2.45, 2.75) is 19.3 Å². The molecule has 1 heterocycles. The SMILES string of the molecule is CC1(C)c2ccccc2-c2ccc(N(c3ccc(-c4ccc(-c5cccc6ccccc56)cc4)cc3)c3ccccc3-c3ccc4oc5c6ccccc6ccc5c4c3)cc21. The van der Waals surface area contributed by atoms with Gasteiger partial charge in [-0.2, -0.15) is 0 Å². The molecule has 0 bridgehead atoms. The van der Waals surface area contributed by atoms with Crippen LogP contribution in [0.2, 0.25) is 0 Å². The molecule has 0 N–H and O–H groups in total. The van der Waals surface area contributed by atoms with Crippen molar-refractivity contribution >= 4 is 60.5 Å². The molecule has 1 aromatic heterocycles. The lowest BCUT2D eigenvalue weighted by Crippen LogP contribution is -2.16. The summed E-state index contributed by atoms with van der Waals surface area (Å²) in [5, 5.41) is 7.09. The lowest BCUT2D eigenvalue weighted by molar-refractivity contribution is 0.660. The van der Waals surface area contributed by atoms with Crippen LogP contribution in [0, 0.1) is 0 Å². The molecular weight excluding hydrogens is 739 g/mol. The third kappa shape index (κ3) is 5.64. The highest BCUT2D eigenvalue weighted by Crippen LogP contribution is 2.51. The molecule has 10 aromatic carbocycles. The first-order valence-electron chi connectivity index (χ1n) is 21.2. The van der Waals surface area contributed by atoms with E-state index in [4.69, 9.17) is 4.42 Å². The van der Waals surface area contributed by atoms with Gasteiger partial charge in [0, 0.05) is 38.5 Å². The van der Waals surface area contributed by atoms with E-state index in [2.05, 4.69) is 231 Å². The highest BCUT2D eigenvalue weighted by Gasteiger charge is 2.36. The molecule has 0 radical (unpaired) electrons. The second kappa shape index (κ2) is 13.7. The van der Waals surface area contributed by atoms with Crippen LogP contribution in [0.15, 0.2) is 217 Å². The minimum absolute atomic E-state index is 0.132. The fraction of sp³-hybridized carbons (Fsp3) is 0.0508. The molecule has 0 fully saturated rings. The molecule has 61 heavy (non-hydrogen) atoms. The summed E-state index contributed by atoms with van der Waals surface area (Å²) >= 11 is 0. The Balaban J connectivity index is 0.979. The topological polar surface area (TPSA) is 16.4 Å². The van der Waals surface area contributed by atoms with Crippen molar-refractivity contribution < 1.29 is 4.42 Å². The van der Waals surface area contributed by atoms with Crippen LogP contribution in [-0.4, -0.2) is 0 Å². The van der Waals surface area contributed by atoms with E-state index >= 15 is 0 Å². The average molecular weight is 780 g/mol. The third-order valence-corrected chi connectivity index (χ3v) is 13.1. The molecule has 0 aliphatic heterocycles. The number of hydrogen-bond donors (Lipinski definition) is 0. The molecule has 0 saturated carbocycles. The maximum Gasteiger partial charge on any atom is 0.143 e. The Morgan fingerprint density at radius 1 is 0.361 bits per heavy atom. The minimum Gasteiger partial charge on any atom is -0.455 e. The molecule has 1 aliphatic carbocycles. The Morgan fingerprint density at radius 2 is 0.951 bits per heavy atom. The number of benzene rings is 10. The van der Waals surface area contributed by atoms with Crippen molar-refractivity contribution in [1.29, 1.82) is 0 Å². The lowest BCUT2D eigenvalue weighted by atomic mass is 9.82. The van der Waals surface area contributed by atoms with Gasteiger partial charge in [-0.1, -0.05) is 178 Å². The Morgan fingerprint density at radius 3 is 1.77 bits per heavy atom.